The fourth-order valence-corrected chi connectivity index (χ4v) is 5.03. The third-order valence-electron chi connectivity index (χ3n) is 6.28. The van der Waals surface area contributed by atoms with Gasteiger partial charge >= 0.3 is 0 Å². The average Bonchev–Trinajstić information content (AvgIpc) is 3.38. The summed E-state index contributed by atoms with van der Waals surface area (Å²) in [7, 11) is 0. The Morgan fingerprint density at radius 1 is 1.31 bits per heavy atom. The van der Waals surface area contributed by atoms with Crippen LogP contribution in [0.2, 0.25) is 0 Å². The number of hydrogen-bond acceptors (Lipinski definition) is 3. The Morgan fingerprint density at radius 2 is 2.10 bits per heavy atom. The Labute approximate surface area is 174 Å². The minimum absolute atomic E-state index is 0.0233. The number of aromatic amines is 1. The first-order chi connectivity index (χ1) is 14.2. The predicted molar refractivity (Wildman–Crippen MR) is 112 cm³/mol. The largest absolute Gasteiger partial charge is 0.381 e. The Hall–Kier alpha value is -2.31. The highest BCUT2D eigenvalue weighted by Gasteiger charge is 2.39. The molecule has 2 aliphatic heterocycles. The van der Waals surface area contributed by atoms with Crippen LogP contribution in [0.4, 0.5) is 0 Å². The average molecular weight is 413 g/mol. The number of H-pyrrole nitrogens is 1. The molecule has 0 bridgehead atoms. The summed E-state index contributed by atoms with van der Waals surface area (Å²) in [4.78, 5) is 18.3. The standard InChI is InChI=1S/C22H25ClN4O2/c1-14-10-18-17-4-2-3-5-19(17)25-21(18)22(27(14)20(28)11-23)15-12-24-26(13-15)16-6-8-29-9-7-16/h2-5,12-14,16,22,25H,6-11H2,1H3/t14-,22+/m0/s1. The highest BCUT2D eigenvalue weighted by Crippen LogP contribution is 2.41. The van der Waals surface area contributed by atoms with Crippen LogP contribution < -0.4 is 0 Å². The van der Waals surface area contributed by atoms with Crippen molar-refractivity contribution in [1.29, 1.82) is 0 Å². The maximum atomic E-state index is 12.8. The minimum Gasteiger partial charge on any atom is -0.381 e. The van der Waals surface area contributed by atoms with Gasteiger partial charge in [-0.2, -0.15) is 5.10 Å². The van der Waals surface area contributed by atoms with E-state index in [0.717, 1.165) is 49.3 Å². The zero-order chi connectivity index (χ0) is 20.0. The van der Waals surface area contributed by atoms with Gasteiger partial charge in [0.1, 0.15) is 11.9 Å². The van der Waals surface area contributed by atoms with Crippen LogP contribution in [-0.2, 0) is 16.0 Å². The van der Waals surface area contributed by atoms with Crippen LogP contribution in [0.15, 0.2) is 36.7 Å². The third-order valence-corrected chi connectivity index (χ3v) is 6.51. The van der Waals surface area contributed by atoms with Gasteiger partial charge < -0.3 is 14.6 Å². The quantitative estimate of drug-likeness (QED) is 0.665. The fraction of sp³-hybridized carbons (Fsp3) is 0.455. The summed E-state index contributed by atoms with van der Waals surface area (Å²) in [5.74, 6) is -0.0721. The van der Waals surface area contributed by atoms with Crippen LogP contribution in [0.25, 0.3) is 10.9 Å². The van der Waals surface area contributed by atoms with Crippen molar-refractivity contribution in [2.45, 2.75) is 44.3 Å². The van der Waals surface area contributed by atoms with Crippen LogP contribution in [0, 0.1) is 0 Å². The van der Waals surface area contributed by atoms with Gasteiger partial charge in [-0.1, -0.05) is 18.2 Å². The molecule has 1 amide bonds. The molecular weight excluding hydrogens is 388 g/mol. The van der Waals surface area contributed by atoms with Crippen molar-refractivity contribution >= 4 is 28.4 Å². The second-order valence-electron chi connectivity index (χ2n) is 8.05. The third kappa shape index (κ3) is 3.15. The molecule has 6 nitrogen and oxygen atoms in total. The van der Waals surface area contributed by atoms with Gasteiger partial charge in [0.2, 0.25) is 5.91 Å². The number of carbonyl (C=O) groups is 1. The number of rotatable bonds is 3. The number of halogens is 1. The van der Waals surface area contributed by atoms with E-state index in [1.807, 2.05) is 21.8 Å². The molecule has 3 aromatic rings. The normalized spacial score (nSPS) is 22.8. The monoisotopic (exact) mass is 412 g/mol. The molecule has 2 atom stereocenters. The lowest BCUT2D eigenvalue weighted by Crippen LogP contribution is -2.46. The Bertz CT molecular complexity index is 1040. The molecule has 29 heavy (non-hydrogen) atoms. The highest BCUT2D eigenvalue weighted by atomic mass is 35.5. The molecule has 1 N–H and O–H groups in total. The molecule has 2 aliphatic rings. The van der Waals surface area contributed by atoms with Gasteiger partial charge in [-0.15, -0.1) is 11.6 Å². The molecule has 4 heterocycles. The molecule has 152 valence electrons. The highest BCUT2D eigenvalue weighted by molar-refractivity contribution is 6.27. The summed E-state index contributed by atoms with van der Waals surface area (Å²) in [5.41, 5.74) is 4.49. The zero-order valence-corrected chi connectivity index (χ0v) is 17.2. The van der Waals surface area contributed by atoms with E-state index in [0.29, 0.717) is 6.04 Å². The number of fused-ring (bicyclic) bond motifs is 3. The SMILES string of the molecule is C[C@H]1Cc2c([nH]c3ccccc23)[C@@H](c2cnn(C3CCOCC3)c2)N1C(=O)CCl. The Kier molecular flexibility index (Phi) is 4.84. The molecular formula is C22H25ClN4O2. The van der Waals surface area contributed by atoms with Crippen molar-refractivity contribution in [2.24, 2.45) is 0 Å². The molecule has 2 aromatic heterocycles. The summed E-state index contributed by atoms with van der Waals surface area (Å²) in [6, 6.07) is 8.54. The summed E-state index contributed by atoms with van der Waals surface area (Å²) < 4.78 is 7.53. The molecule has 0 saturated carbocycles. The first kappa shape index (κ1) is 18.7. The number of alkyl halides is 1. The van der Waals surface area contributed by atoms with Crippen molar-refractivity contribution in [3.8, 4) is 0 Å². The topological polar surface area (TPSA) is 63.2 Å². The number of para-hydroxylation sites is 1. The number of hydrogen-bond donors (Lipinski definition) is 1. The molecule has 0 spiro atoms. The summed E-state index contributed by atoms with van der Waals surface area (Å²) >= 11 is 6.00. The van der Waals surface area contributed by atoms with Crippen LogP contribution in [0.1, 0.15) is 48.7 Å². The van der Waals surface area contributed by atoms with Crippen LogP contribution in [0.5, 0.6) is 0 Å². The van der Waals surface area contributed by atoms with E-state index in [1.165, 1.54) is 10.9 Å². The second kappa shape index (κ2) is 7.50. The Morgan fingerprint density at radius 3 is 2.90 bits per heavy atom. The lowest BCUT2D eigenvalue weighted by molar-refractivity contribution is -0.133. The number of amides is 1. The van der Waals surface area contributed by atoms with Gasteiger partial charge in [-0.05, 0) is 37.8 Å². The molecule has 1 fully saturated rings. The first-order valence-electron chi connectivity index (χ1n) is 10.3. The molecule has 1 aromatic carbocycles. The van der Waals surface area contributed by atoms with Crippen LogP contribution >= 0.6 is 11.6 Å². The van der Waals surface area contributed by atoms with Crippen LogP contribution in [0.3, 0.4) is 0 Å². The fourth-order valence-electron chi connectivity index (χ4n) is 4.89. The first-order valence-corrected chi connectivity index (χ1v) is 10.8. The summed E-state index contributed by atoms with van der Waals surface area (Å²) in [6.45, 7) is 3.64. The molecule has 0 radical (unpaired) electrons. The van der Waals surface area contributed by atoms with E-state index in [2.05, 4.69) is 41.4 Å². The zero-order valence-electron chi connectivity index (χ0n) is 16.5. The van der Waals surface area contributed by atoms with E-state index in [1.54, 1.807) is 0 Å². The van der Waals surface area contributed by atoms with Gasteiger partial charge in [0, 0.05) is 47.6 Å². The molecule has 7 heteroatoms. The van der Waals surface area contributed by atoms with E-state index in [9.17, 15) is 4.79 Å². The van der Waals surface area contributed by atoms with Gasteiger partial charge in [0.25, 0.3) is 0 Å². The lowest BCUT2D eigenvalue weighted by Gasteiger charge is -2.40. The van der Waals surface area contributed by atoms with Crippen molar-refractivity contribution < 1.29 is 9.53 Å². The van der Waals surface area contributed by atoms with E-state index < -0.39 is 0 Å². The predicted octanol–water partition coefficient (Wildman–Crippen LogP) is 3.82. The van der Waals surface area contributed by atoms with Crippen molar-refractivity contribution in [3.05, 3.63) is 53.5 Å². The maximum Gasteiger partial charge on any atom is 0.238 e. The molecule has 5 rings (SSSR count). The smallest absolute Gasteiger partial charge is 0.238 e. The number of ether oxygens (including phenoxy) is 1. The molecule has 0 unspecified atom stereocenters. The van der Waals surface area contributed by atoms with Gasteiger partial charge in [0.15, 0.2) is 0 Å². The van der Waals surface area contributed by atoms with Crippen molar-refractivity contribution in [2.75, 3.05) is 19.1 Å². The summed E-state index contributed by atoms with van der Waals surface area (Å²) in [6.07, 6.45) is 6.74. The maximum absolute atomic E-state index is 12.8. The minimum atomic E-state index is -0.207. The molecule has 1 saturated heterocycles. The van der Waals surface area contributed by atoms with Crippen LogP contribution in [-0.4, -0.2) is 50.7 Å². The number of aromatic nitrogens is 3. The number of nitrogens with zero attached hydrogens (tertiary/aromatic N) is 3. The number of benzene rings is 1. The molecule has 0 aliphatic carbocycles. The lowest BCUT2D eigenvalue weighted by atomic mass is 9.89. The van der Waals surface area contributed by atoms with E-state index in [-0.39, 0.29) is 23.9 Å². The number of carbonyl (C=O) groups excluding carboxylic acids is 1. The second-order valence-corrected chi connectivity index (χ2v) is 8.32. The van der Waals surface area contributed by atoms with Gasteiger partial charge in [0.05, 0.1) is 12.2 Å². The van der Waals surface area contributed by atoms with Gasteiger partial charge in [-0.25, -0.2) is 0 Å². The summed E-state index contributed by atoms with van der Waals surface area (Å²) in [5, 5.41) is 5.89. The van der Waals surface area contributed by atoms with E-state index >= 15 is 0 Å². The van der Waals surface area contributed by atoms with Crippen molar-refractivity contribution in [1.82, 2.24) is 19.7 Å². The van der Waals surface area contributed by atoms with Gasteiger partial charge in [-0.3, -0.25) is 9.48 Å². The Balaban J connectivity index is 1.61. The van der Waals surface area contributed by atoms with E-state index in [4.69, 9.17) is 16.3 Å². The van der Waals surface area contributed by atoms with Crippen molar-refractivity contribution in [3.63, 3.8) is 0 Å². The number of nitrogens with one attached hydrogen (secondary N) is 1.